The van der Waals surface area contributed by atoms with Crippen molar-refractivity contribution in [3.8, 4) is 0 Å². The number of rotatable bonds is 8. The Morgan fingerprint density at radius 3 is 2.05 bits per heavy atom. The van der Waals surface area contributed by atoms with Gasteiger partial charge in [-0.05, 0) is 17.3 Å². The number of carbonyl (C=O) groups excluding carboxylic acids is 1. The second-order valence-electron chi connectivity index (χ2n) is 7.48. The minimum atomic E-state index is -1.06. The van der Waals surface area contributed by atoms with Crippen molar-refractivity contribution in [2.45, 2.75) is 67.2 Å². The molecule has 1 unspecified atom stereocenters. The number of unbranched alkanes of at least 4 members (excludes halogenated alkanes) is 2. The highest BCUT2D eigenvalue weighted by atomic mass is 16.4. The van der Waals surface area contributed by atoms with Crippen molar-refractivity contribution in [3.05, 3.63) is 0 Å². The average molecular weight is 285 g/mol. The number of carboxylic acids is 1. The van der Waals surface area contributed by atoms with Gasteiger partial charge in [0.25, 0.3) is 0 Å². The van der Waals surface area contributed by atoms with Gasteiger partial charge in [-0.2, -0.15) is 0 Å². The van der Waals surface area contributed by atoms with Gasteiger partial charge < -0.3 is 10.4 Å². The summed E-state index contributed by atoms with van der Waals surface area (Å²) in [6.07, 6.45) is 4.54. The molecule has 1 amide bonds. The molecule has 0 saturated carbocycles. The molecular weight excluding hydrogens is 254 g/mol. The lowest BCUT2D eigenvalue weighted by atomic mass is 9.79. The summed E-state index contributed by atoms with van der Waals surface area (Å²) in [7, 11) is 0. The Morgan fingerprint density at radius 2 is 1.65 bits per heavy atom. The maximum atomic E-state index is 12.1. The zero-order valence-electron chi connectivity index (χ0n) is 13.9. The number of aliphatic carboxylic acids is 1. The first-order chi connectivity index (χ1) is 9.01. The summed E-state index contributed by atoms with van der Waals surface area (Å²) in [4.78, 5) is 23.4. The smallest absolute Gasteiger partial charge is 0.316 e. The zero-order valence-corrected chi connectivity index (χ0v) is 13.9. The SMILES string of the molecule is CCCCCC(C)(C)CNC(=O)C(C(=O)O)C(C)(C)C. The van der Waals surface area contributed by atoms with E-state index in [9.17, 15) is 14.7 Å². The average Bonchev–Trinajstić information content (AvgIpc) is 2.24. The van der Waals surface area contributed by atoms with E-state index in [1.54, 1.807) is 20.8 Å². The van der Waals surface area contributed by atoms with Crippen LogP contribution in [-0.2, 0) is 9.59 Å². The first-order valence-electron chi connectivity index (χ1n) is 7.52. The maximum Gasteiger partial charge on any atom is 0.316 e. The van der Waals surface area contributed by atoms with Crippen molar-refractivity contribution >= 4 is 11.9 Å². The van der Waals surface area contributed by atoms with E-state index >= 15 is 0 Å². The van der Waals surface area contributed by atoms with Crippen molar-refractivity contribution in [1.82, 2.24) is 5.32 Å². The fraction of sp³-hybridized carbons (Fsp3) is 0.875. The molecule has 20 heavy (non-hydrogen) atoms. The Balaban J connectivity index is 4.48. The molecule has 4 heteroatoms. The second-order valence-corrected chi connectivity index (χ2v) is 7.48. The van der Waals surface area contributed by atoms with Gasteiger partial charge in [0.2, 0.25) is 5.91 Å². The number of hydrogen-bond acceptors (Lipinski definition) is 2. The largest absolute Gasteiger partial charge is 0.481 e. The number of hydrogen-bond donors (Lipinski definition) is 2. The van der Waals surface area contributed by atoms with Crippen LogP contribution in [0.1, 0.15) is 67.2 Å². The molecule has 2 N–H and O–H groups in total. The van der Waals surface area contributed by atoms with Gasteiger partial charge in [0.15, 0.2) is 0 Å². The van der Waals surface area contributed by atoms with Gasteiger partial charge in [0.1, 0.15) is 5.92 Å². The molecule has 0 bridgehead atoms. The molecule has 0 aromatic heterocycles. The predicted molar refractivity (Wildman–Crippen MR) is 81.5 cm³/mol. The van der Waals surface area contributed by atoms with Gasteiger partial charge in [0, 0.05) is 6.54 Å². The lowest BCUT2D eigenvalue weighted by Gasteiger charge is -2.29. The van der Waals surface area contributed by atoms with Gasteiger partial charge in [-0.1, -0.05) is 60.8 Å². The van der Waals surface area contributed by atoms with Gasteiger partial charge >= 0.3 is 5.97 Å². The predicted octanol–water partition coefficient (Wildman–Crippen LogP) is 3.46. The summed E-state index contributed by atoms with van der Waals surface area (Å²) in [5, 5.41) is 12.0. The normalized spacial score (nSPS) is 13.9. The summed E-state index contributed by atoms with van der Waals surface area (Å²) < 4.78 is 0. The molecule has 118 valence electrons. The minimum Gasteiger partial charge on any atom is -0.481 e. The topological polar surface area (TPSA) is 66.4 Å². The summed E-state index contributed by atoms with van der Waals surface area (Å²) >= 11 is 0. The van der Waals surface area contributed by atoms with E-state index in [0.29, 0.717) is 6.54 Å². The van der Waals surface area contributed by atoms with Crippen LogP contribution in [0.5, 0.6) is 0 Å². The third kappa shape index (κ3) is 6.92. The molecular formula is C16H31NO3. The molecule has 0 saturated heterocycles. The zero-order chi connectivity index (χ0) is 16.0. The molecule has 1 atom stereocenters. The molecule has 0 aromatic rings. The van der Waals surface area contributed by atoms with Crippen molar-refractivity contribution in [2.24, 2.45) is 16.7 Å². The number of carboxylic acid groups (broad SMARTS) is 1. The number of carbonyl (C=O) groups is 2. The molecule has 0 aliphatic rings. The molecule has 0 fully saturated rings. The Kier molecular flexibility index (Phi) is 7.25. The fourth-order valence-corrected chi connectivity index (χ4v) is 2.25. The molecule has 0 heterocycles. The van der Waals surface area contributed by atoms with E-state index in [2.05, 4.69) is 26.1 Å². The van der Waals surface area contributed by atoms with E-state index in [1.807, 2.05) is 0 Å². The van der Waals surface area contributed by atoms with Gasteiger partial charge in [-0.25, -0.2) is 0 Å². The first-order valence-corrected chi connectivity index (χ1v) is 7.52. The molecule has 0 radical (unpaired) electrons. The van der Waals surface area contributed by atoms with Crippen LogP contribution in [0, 0.1) is 16.7 Å². The maximum absolute atomic E-state index is 12.1. The van der Waals surface area contributed by atoms with Gasteiger partial charge in [-0.3, -0.25) is 9.59 Å². The summed E-state index contributed by atoms with van der Waals surface area (Å²) in [5.41, 5.74) is -0.575. The Labute approximate surface area is 123 Å². The van der Waals surface area contributed by atoms with E-state index in [0.717, 1.165) is 12.8 Å². The van der Waals surface area contributed by atoms with Crippen LogP contribution >= 0.6 is 0 Å². The van der Waals surface area contributed by atoms with E-state index in [-0.39, 0.29) is 11.3 Å². The van der Waals surface area contributed by atoms with E-state index in [1.165, 1.54) is 12.8 Å². The Morgan fingerprint density at radius 1 is 1.10 bits per heavy atom. The summed E-state index contributed by atoms with van der Waals surface area (Å²) in [5.74, 6) is -2.44. The van der Waals surface area contributed by atoms with Gasteiger partial charge in [0.05, 0.1) is 0 Å². The minimum absolute atomic E-state index is 0.00572. The highest BCUT2D eigenvalue weighted by Crippen LogP contribution is 2.27. The van der Waals surface area contributed by atoms with Crippen molar-refractivity contribution in [2.75, 3.05) is 6.54 Å². The molecule has 0 aliphatic heterocycles. The van der Waals surface area contributed by atoms with Crippen LogP contribution in [0.15, 0.2) is 0 Å². The lowest BCUT2D eigenvalue weighted by Crippen LogP contribution is -2.45. The molecule has 0 rings (SSSR count). The quantitative estimate of drug-likeness (QED) is 0.530. The first kappa shape index (κ1) is 18.9. The van der Waals surface area contributed by atoms with E-state index in [4.69, 9.17) is 0 Å². The van der Waals surface area contributed by atoms with Crippen LogP contribution in [0.2, 0.25) is 0 Å². The van der Waals surface area contributed by atoms with Crippen molar-refractivity contribution in [1.29, 1.82) is 0 Å². The van der Waals surface area contributed by atoms with Crippen molar-refractivity contribution < 1.29 is 14.7 Å². The van der Waals surface area contributed by atoms with Crippen molar-refractivity contribution in [3.63, 3.8) is 0 Å². The van der Waals surface area contributed by atoms with Crippen LogP contribution in [0.3, 0.4) is 0 Å². The molecule has 0 aliphatic carbocycles. The number of amides is 1. The van der Waals surface area contributed by atoms with Crippen LogP contribution in [0.4, 0.5) is 0 Å². The molecule has 0 spiro atoms. The third-order valence-electron chi connectivity index (χ3n) is 3.57. The Hall–Kier alpha value is -1.06. The van der Waals surface area contributed by atoms with E-state index < -0.39 is 17.3 Å². The van der Waals surface area contributed by atoms with Crippen LogP contribution < -0.4 is 5.32 Å². The highest BCUT2D eigenvalue weighted by molar-refractivity contribution is 5.97. The summed E-state index contributed by atoms with van der Waals surface area (Å²) in [6.45, 7) is 12.2. The molecule has 0 aromatic carbocycles. The van der Waals surface area contributed by atoms with Gasteiger partial charge in [-0.15, -0.1) is 0 Å². The van der Waals surface area contributed by atoms with Crippen LogP contribution in [-0.4, -0.2) is 23.5 Å². The lowest BCUT2D eigenvalue weighted by molar-refractivity contribution is -0.151. The highest BCUT2D eigenvalue weighted by Gasteiger charge is 2.38. The molecule has 4 nitrogen and oxygen atoms in total. The van der Waals surface area contributed by atoms with Crippen LogP contribution in [0.25, 0.3) is 0 Å². The number of nitrogens with one attached hydrogen (secondary N) is 1. The third-order valence-corrected chi connectivity index (χ3v) is 3.57. The second kappa shape index (κ2) is 7.65. The standard InChI is InChI=1S/C16H31NO3/c1-7-8-9-10-16(5,6)11-17-13(18)12(14(19)20)15(2,3)4/h12H,7-11H2,1-6H3,(H,17,18)(H,19,20). The fourth-order valence-electron chi connectivity index (χ4n) is 2.25. The monoisotopic (exact) mass is 285 g/mol. The summed E-state index contributed by atoms with van der Waals surface area (Å²) in [6, 6.07) is 0. The Bertz CT molecular complexity index is 329.